The maximum absolute atomic E-state index is 12.2. The minimum absolute atomic E-state index is 0. The van der Waals surface area contributed by atoms with Crippen molar-refractivity contribution in [1.29, 1.82) is 0 Å². The summed E-state index contributed by atoms with van der Waals surface area (Å²) in [5, 5.41) is 0. The van der Waals surface area contributed by atoms with E-state index in [0.717, 1.165) is 37.2 Å². The lowest BCUT2D eigenvalue weighted by molar-refractivity contribution is -0.133. The Morgan fingerprint density at radius 1 is 1.40 bits per heavy atom. The number of halogens is 1. The standard InChI is InChI=1S/C16H24N2O.ClH/c1-2-13-6-5-11-18(12-13)16(19)10-9-14-7-3-4-8-15(14)17;/h3-4,7-8,13H,2,5-6,9-12,17H2,1H3;1H. The van der Waals surface area contributed by atoms with Crippen LogP contribution in [0.25, 0.3) is 0 Å². The number of nitrogen functional groups attached to an aromatic ring is 1. The maximum atomic E-state index is 12.2. The van der Waals surface area contributed by atoms with E-state index in [2.05, 4.69) is 6.92 Å². The van der Waals surface area contributed by atoms with Gasteiger partial charge >= 0.3 is 0 Å². The summed E-state index contributed by atoms with van der Waals surface area (Å²) in [5.74, 6) is 0.973. The molecule has 0 bridgehead atoms. The van der Waals surface area contributed by atoms with Crippen LogP contribution in [0, 0.1) is 5.92 Å². The quantitative estimate of drug-likeness (QED) is 0.867. The summed E-state index contributed by atoms with van der Waals surface area (Å²) in [5.41, 5.74) is 7.78. The Labute approximate surface area is 127 Å². The summed E-state index contributed by atoms with van der Waals surface area (Å²) in [6.07, 6.45) is 4.92. The predicted molar refractivity (Wildman–Crippen MR) is 86.0 cm³/mol. The number of carbonyl (C=O) groups is 1. The number of amides is 1. The minimum atomic E-state index is 0. The van der Waals surface area contributed by atoms with Gasteiger partial charge in [-0.15, -0.1) is 12.4 Å². The van der Waals surface area contributed by atoms with Crippen molar-refractivity contribution in [3.05, 3.63) is 29.8 Å². The van der Waals surface area contributed by atoms with Gasteiger partial charge in [-0.05, 0) is 36.8 Å². The number of hydrogen-bond donors (Lipinski definition) is 1. The number of rotatable bonds is 4. The number of para-hydroxylation sites is 1. The molecule has 0 saturated carbocycles. The molecule has 1 aliphatic heterocycles. The second-order valence-corrected chi connectivity index (χ2v) is 5.46. The van der Waals surface area contributed by atoms with E-state index in [0.29, 0.717) is 12.3 Å². The molecule has 3 nitrogen and oxygen atoms in total. The molecule has 1 fully saturated rings. The largest absolute Gasteiger partial charge is 0.399 e. The first-order valence-corrected chi connectivity index (χ1v) is 7.32. The van der Waals surface area contributed by atoms with Crippen molar-refractivity contribution in [1.82, 2.24) is 4.90 Å². The lowest BCUT2D eigenvalue weighted by atomic mass is 9.95. The fourth-order valence-corrected chi connectivity index (χ4v) is 2.79. The van der Waals surface area contributed by atoms with Crippen LogP contribution in [0.15, 0.2) is 24.3 Å². The first kappa shape index (κ1) is 16.8. The number of likely N-dealkylation sites (tertiary alicyclic amines) is 1. The zero-order valence-corrected chi connectivity index (χ0v) is 13.0. The predicted octanol–water partition coefficient (Wildman–Crippen LogP) is 3.27. The number of carbonyl (C=O) groups excluding carboxylic acids is 1. The van der Waals surface area contributed by atoms with E-state index < -0.39 is 0 Å². The molecule has 1 unspecified atom stereocenters. The molecule has 1 heterocycles. The number of benzene rings is 1. The van der Waals surface area contributed by atoms with E-state index in [9.17, 15) is 4.79 Å². The van der Waals surface area contributed by atoms with Gasteiger partial charge in [0.2, 0.25) is 5.91 Å². The molecule has 2 rings (SSSR count). The van der Waals surface area contributed by atoms with Gasteiger partial charge in [-0.25, -0.2) is 0 Å². The van der Waals surface area contributed by atoms with Gasteiger partial charge in [-0.3, -0.25) is 4.79 Å². The molecule has 20 heavy (non-hydrogen) atoms. The lowest BCUT2D eigenvalue weighted by Gasteiger charge is -2.32. The third-order valence-corrected chi connectivity index (χ3v) is 4.11. The van der Waals surface area contributed by atoms with Gasteiger partial charge in [0.15, 0.2) is 0 Å². The first-order chi connectivity index (χ1) is 9.20. The van der Waals surface area contributed by atoms with Gasteiger partial charge in [0, 0.05) is 25.2 Å². The Hall–Kier alpha value is -1.22. The molecule has 1 aromatic rings. The Morgan fingerprint density at radius 2 is 2.15 bits per heavy atom. The van der Waals surface area contributed by atoms with Crippen molar-refractivity contribution in [3.63, 3.8) is 0 Å². The topological polar surface area (TPSA) is 46.3 Å². The highest BCUT2D eigenvalue weighted by atomic mass is 35.5. The average Bonchev–Trinajstić information content (AvgIpc) is 2.46. The van der Waals surface area contributed by atoms with Gasteiger partial charge in [-0.2, -0.15) is 0 Å². The molecule has 0 aliphatic carbocycles. The third kappa shape index (κ3) is 4.41. The van der Waals surface area contributed by atoms with E-state index in [1.54, 1.807) is 0 Å². The molecule has 0 spiro atoms. The van der Waals surface area contributed by atoms with Crippen molar-refractivity contribution >= 4 is 24.0 Å². The van der Waals surface area contributed by atoms with E-state index in [4.69, 9.17) is 5.73 Å². The lowest BCUT2D eigenvalue weighted by Crippen LogP contribution is -2.39. The van der Waals surface area contributed by atoms with Crippen LogP contribution in [-0.2, 0) is 11.2 Å². The first-order valence-electron chi connectivity index (χ1n) is 7.32. The second kappa shape index (κ2) is 8.15. The van der Waals surface area contributed by atoms with Crippen molar-refractivity contribution < 1.29 is 4.79 Å². The molecule has 1 atom stereocenters. The Bertz CT molecular complexity index is 436. The van der Waals surface area contributed by atoms with Crippen LogP contribution in [0.5, 0.6) is 0 Å². The SMILES string of the molecule is CCC1CCCN(C(=O)CCc2ccccc2N)C1.Cl. The molecule has 0 aromatic heterocycles. The Kier molecular flexibility index (Phi) is 6.86. The van der Waals surface area contributed by atoms with E-state index in [-0.39, 0.29) is 18.3 Å². The molecular formula is C16H25ClN2O. The number of hydrogen-bond acceptors (Lipinski definition) is 2. The fourth-order valence-electron chi connectivity index (χ4n) is 2.79. The van der Waals surface area contributed by atoms with Crippen LogP contribution in [0.2, 0.25) is 0 Å². The number of aryl methyl sites for hydroxylation is 1. The second-order valence-electron chi connectivity index (χ2n) is 5.46. The minimum Gasteiger partial charge on any atom is -0.399 e. The molecule has 1 saturated heterocycles. The molecule has 4 heteroatoms. The van der Waals surface area contributed by atoms with Gasteiger partial charge < -0.3 is 10.6 Å². The summed E-state index contributed by atoms with van der Waals surface area (Å²) in [6, 6.07) is 7.81. The summed E-state index contributed by atoms with van der Waals surface area (Å²) >= 11 is 0. The van der Waals surface area contributed by atoms with Crippen LogP contribution in [-0.4, -0.2) is 23.9 Å². The molecule has 2 N–H and O–H groups in total. The summed E-state index contributed by atoms with van der Waals surface area (Å²) in [7, 11) is 0. The molecule has 112 valence electrons. The van der Waals surface area contributed by atoms with Gasteiger partial charge in [-0.1, -0.05) is 31.5 Å². The fraction of sp³-hybridized carbons (Fsp3) is 0.562. The van der Waals surface area contributed by atoms with E-state index in [1.165, 1.54) is 12.8 Å². The highest BCUT2D eigenvalue weighted by molar-refractivity contribution is 5.85. The molecule has 1 aromatic carbocycles. The highest BCUT2D eigenvalue weighted by Gasteiger charge is 2.22. The van der Waals surface area contributed by atoms with Crippen LogP contribution in [0.1, 0.15) is 38.2 Å². The number of nitrogens with zero attached hydrogens (tertiary/aromatic N) is 1. The number of piperidine rings is 1. The van der Waals surface area contributed by atoms with Crippen molar-refractivity contribution in [2.24, 2.45) is 5.92 Å². The van der Waals surface area contributed by atoms with Gasteiger partial charge in [0.25, 0.3) is 0 Å². The molecule has 1 aliphatic rings. The zero-order valence-electron chi connectivity index (χ0n) is 12.2. The van der Waals surface area contributed by atoms with E-state index >= 15 is 0 Å². The van der Waals surface area contributed by atoms with E-state index in [1.807, 2.05) is 29.2 Å². The summed E-state index contributed by atoms with van der Waals surface area (Å²) in [4.78, 5) is 14.3. The van der Waals surface area contributed by atoms with Crippen LogP contribution in [0.4, 0.5) is 5.69 Å². The smallest absolute Gasteiger partial charge is 0.222 e. The normalized spacial score (nSPS) is 18.4. The number of anilines is 1. The van der Waals surface area contributed by atoms with Crippen molar-refractivity contribution in [2.45, 2.75) is 39.0 Å². The molecule has 1 amide bonds. The molecular weight excluding hydrogens is 272 g/mol. The van der Waals surface area contributed by atoms with Crippen molar-refractivity contribution in [2.75, 3.05) is 18.8 Å². The number of nitrogens with two attached hydrogens (primary N) is 1. The summed E-state index contributed by atoms with van der Waals surface area (Å²) < 4.78 is 0. The van der Waals surface area contributed by atoms with Crippen molar-refractivity contribution in [3.8, 4) is 0 Å². The summed E-state index contributed by atoms with van der Waals surface area (Å²) in [6.45, 7) is 4.09. The van der Waals surface area contributed by atoms with Crippen LogP contribution in [0.3, 0.4) is 0 Å². The monoisotopic (exact) mass is 296 g/mol. The Balaban J connectivity index is 0.00000200. The third-order valence-electron chi connectivity index (χ3n) is 4.11. The van der Waals surface area contributed by atoms with Gasteiger partial charge in [0.1, 0.15) is 0 Å². The van der Waals surface area contributed by atoms with Crippen LogP contribution < -0.4 is 5.73 Å². The van der Waals surface area contributed by atoms with Gasteiger partial charge in [0.05, 0.1) is 0 Å². The van der Waals surface area contributed by atoms with Crippen LogP contribution >= 0.6 is 12.4 Å². The Morgan fingerprint density at radius 3 is 2.85 bits per heavy atom. The zero-order chi connectivity index (χ0) is 13.7. The molecule has 0 radical (unpaired) electrons. The maximum Gasteiger partial charge on any atom is 0.222 e. The average molecular weight is 297 g/mol. The highest BCUT2D eigenvalue weighted by Crippen LogP contribution is 2.20.